The minimum Gasteiger partial charge on any atom is -0.481 e. The van der Waals surface area contributed by atoms with Gasteiger partial charge in [-0.25, -0.2) is 0 Å². The summed E-state index contributed by atoms with van der Waals surface area (Å²) < 4.78 is 0. The Morgan fingerprint density at radius 2 is 1.61 bits per heavy atom. The highest BCUT2D eigenvalue weighted by Gasteiger charge is 2.40. The molecule has 0 saturated heterocycles. The van der Waals surface area contributed by atoms with Crippen LogP contribution in [0.5, 0.6) is 0 Å². The van der Waals surface area contributed by atoms with Crippen LogP contribution in [0.15, 0.2) is 42.5 Å². The summed E-state index contributed by atoms with van der Waals surface area (Å²) in [6.07, 6.45) is 27.1. The maximum Gasteiger partial charge on any atom is 0.303 e. The van der Waals surface area contributed by atoms with Crippen LogP contribution < -0.4 is 5.73 Å². The van der Waals surface area contributed by atoms with Crippen LogP contribution in [0.25, 0.3) is 0 Å². The van der Waals surface area contributed by atoms with Gasteiger partial charge in [0.1, 0.15) is 0 Å². The van der Waals surface area contributed by atoms with E-state index in [4.69, 9.17) is 5.73 Å². The summed E-state index contributed by atoms with van der Waals surface area (Å²) in [6, 6.07) is 10.9. The molecule has 38 heavy (non-hydrogen) atoms. The van der Waals surface area contributed by atoms with Gasteiger partial charge in [-0.2, -0.15) is 0 Å². The highest BCUT2D eigenvalue weighted by atomic mass is 16.4. The van der Waals surface area contributed by atoms with Crippen LogP contribution in [0.3, 0.4) is 0 Å². The van der Waals surface area contributed by atoms with Crippen molar-refractivity contribution in [2.24, 2.45) is 23.5 Å². The molecule has 3 N–H and O–H groups in total. The summed E-state index contributed by atoms with van der Waals surface area (Å²) in [5, 5.41) is 9.93. The molecule has 1 saturated carbocycles. The van der Waals surface area contributed by atoms with Gasteiger partial charge in [0.05, 0.1) is 0 Å². The lowest BCUT2D eigenvalue weighted by Gasteiger charge is -2.37. The summed E-state index contributed by atoms with van der Waals surface area (Å²) in [6.45, 7) is 5.20. The molecule has 0 unspecified atom stereocenters. The van der Waals surface area contributed by atoms with Crippen molar-refractivity contribution < 1.29 is 9.90 Å². The first-order chi connectivity index (χ1) is 18.5. The lowest BCUT2D eigenvalue weighted by atomic mass is 9.67. The zero-order valence-electron chi connectivity index (χ0n) is 24.8. The first-order valence-corrected chi connectivity index (χ1v) is 16.2. The number of rotatable bonds is 22. The molecule has 3 heteroatoms. The van der Waals surface area contributed by atoms with Gasteiger partial charge in [0.2, 0.25) is 0 Å². The predicted molar refractivity (Wildman–Crippen MR) is 163 cm³/mol. The minimum absolute atomic E-state index is 0.134. The molecule has 1 aromatic rings. The predicted octanol–water partition coefficient (Wildman–Crippen LogP) is 9.84. The van der Waals surface area contributed by atoms with Crippen LogP contribution in [-0.4, -0.2) is 17.6 Å². The number of unbranched alkanes of at least 4 members (excludes halogenated alkanes) is 6. The molecule has 216 valence electrons. The van der Waals surface area contributed by atoms with Crippen LogP contribution in [0, 0.1) is 17.8 Å². The molecule has 1 aromatic carbocycles. The molecule has 0 heterocycles. The van der Waals surface area contributed by atoms with E-state index in [1.807, 2.05) is 0 Å². The first-order valence-electron chi connectivity index (χ1n) is 16.2. The molecule has 3 atom stereocenters. The summed E-state index contributed by atoms with van der Waals surface area (Å²) in [5.41, 5.74) is 7.70. The standard InChI is InChI=1S/C35H59NO2/c1-3-5-7-8-9-10-13-19-30(18-12-6-4-2)22-23-31(24-27-36)32(28-34(37)38)29-35(25-16-17-26-35)33-20-14-11-15-21-33/h10-11,13-15,20-21,30-32H,3-9,12,16-19,22-29,36H2,1-2H3,(H,37,38)/b13-10-/t30-,31+,32+/m0/s1. The van der Waals surface area contributed by atoms with E-state index >= 15 is 0 Å². The van der Waals surface area contributed by atoms with Gasteiger partial charge in [-0.1, -0.05) is 114 Å². The Hall–Kier alpha value is -1.61. The normalized spacial score (nSPS) is 17.6. The summed E-state index contributed by atoms with van der Waals surface area (Å²) in [4.78, 5) is 12.1. The van der Waals surface area contributed by atoms with Gasteiger partial charge in [-0.05, 0) is 93.1 Å². The second-order valence-corrected chi connectivity index (χ2v) is 12.2. The number of carbonyl (C=O) groups is 1. The molecule has 0 bridgehead atoms. The molecule has 0 radical (unpaired) electrons. The van der Waals surface area contributed by atoms with Crippen molar-refractivity contribution in [2.75, 3.05) is 6.54 Å². The van der Waals surface area contributed by atoms with Gasteiger partial charge in [-0.3, -0.25) is 4.79 Å². The average molecular weight is 526 g/mol. The Labute approximate surface area is 235 Å². The zero-order chi connectivity index (χ0) is 27.5. The molecule has 0 aliphatic heterocycles. The highest BCUT2D eigenvalue weighted by Crippen LogP contribution is 2.48. The number of benzene rings is 1. The maximum absolute atomic E-state index is 12.1. The van der Waals surface area contributed by atoms with Gasteiger partial charge in [-0.15, -0.1) is 0 Å². The third-order valence-corrected chi connectivity index (χ3v) is 9.26. The fraction of sp³-hybridized carbons (Fsp3) is 0.743. The number of aliphatic carboxylic acids is 1. The molecule has 1 aliphatic rings. The van der Waals surface area contributed by atoms with Gasteiger partial charge in [0.15, 0.2) is 0 Å². The average Bonchev–Trinajstić information content (AvgIpc) is 3.39. The molecular formula is C35H59NO2. The zero-order valence-corrected chi connectivity index (χ0v) is 24.8. The number of nitrogens with two attached hydrogens (primary N) is 1. The van der Waals surface area contributed by atoms with Crippen molar-refractivity contribution >= 4 is 5.97 Å². The molecular weight excluding hydrogens is 466 g/mol. The Kier molecular flexibility index (Phi) is 16.7. The topological polar surface area (TPSA) is 63.3 Å². The molecule has 3 nitrogen and oxygen atoms in total. The number of hydrogen-bond acceptors (Lipinski definition) is 2. The van der Waals surface area contributed by atoms with E-state index in [-0.39, 0.29) is 17.8 Å². The van der Waals surface area contributed by atoms with E-state index in [2.05, 4.69) is 56.3 Å². The summed E-state index contributed by atoms with van der Waals surface area (Å²) in [5.74, 6) is 0.640. The number of allylic oxidation sites excluding steroid dienone is 2. The van der Waals surface area contributed by atoms with E-state index in [0.717, 1.165) is 19.3 Å². The van der Waals surface area contributed by atoms with Crippen molar-refractivity contribution in [3.8, 4) is 0 Å². The number of carboxylic acid groups (broad SMARTS) is 1. The van der Waals surface area contributed by atoms with E-state index in [0.29, 0.717) is 18.4 Å². The fourth-order valence-corrected chi connectivity index (χ4v) is 7.02. The third-order valence-electron chi connectivity index (χ3n) is 9.26. The van der Waals surface area contributed by atoms with Crippen LogP contribution in [0.2, 0.25) is 0 Å². The lowest BCUT2D eigenvalue weighted by Crippen LogP contribution is -2.31. The molecule has 1 aliphatic carbocycles. The quantitative estimate of drug-likeness (QED) is 0.117. The molecule has 1 fully saturated rings. The molecule has 2 rings (SSSR count). The monoisotopic (exact) mass is 525 g/mol. The number of carboxylic acids is 1. The number of hydrogen-bond donors (Lipinski definition) is 2. The molecule has 0 spiro atoms. The van der Waals surface area contributed by atoms with Crippen LogP contribution in [0.1, 0.15) is 141 Å². The lowest BCUT2D eigenvalue weighted by molar-refractivity contribution is -0.138. The largest absolute Gasteiger partial charge is 0.481 e. The fourth-order valence-electron chi connectivity index (χ4n) is 7.02. The Bertz CT molecular complexity index is 752. The van der Waals surface area contributed by atoms with Crippen LogP contribution in [-0.2, 0) is 10.2 Å². The van der Waals surface area contributed by atoms with Crippen molar-refractivity contribution in [1.29, 1.82) is 0 Å². The van der Waals surface area contributed by atoms with Gasteiger partial charge < -0.3 is 10.8 Å². The van der Waals surface area contributed by atoms with Crippen molar-refractivity contribution in [3.63, 3.8) is 0 Å². The van der Waals surface area contributed by atoms with Gasteiger partial charge >= 0.3 is 5.97 Å². The molecule has 0 aromatic heterocycles. The second-order valence-electron chi connectivity index (χ2n) is 12.2. The van der Waals surface area contributed by atoms with Crippen molar-refractivity contribution in [1.82, 2.24) is 0 Å². The van der Waals surface area contributed by atoms with E-state index in [9.17, 15) is 9.90 Å². The summed E-state index contributed by atoms with van der Waals surface area (Å²) >= 11 is 0. The first kappa shape index (κ1) is 32.6. The smallest absolute Gasteiger partial charge is 0.303 e. The van der Waals surface area contributed by atoms with E-state index in [1.165, 1.54) is 102 Å². The van der Waals surface area contributed by atoms with Crippen LogP contribution >= 0.6 is 0 Å². The minimum atomic E-state index is -0.649. The van der Waals surface area contributed by atoms with Gasteiger partial charge in [0.25, 0.3) is 0 Å². The summed E-state index contributed by atoms with van der Waals surface area (Å²) in [7, 11) is 0. The van der Waals surface area contributed by atoms with Crippen molar-refractivity contribution in [3.05, 3.63) is 48.0 Å². The third kappa shape index (κ3) is 12.1. The van der Waals surface area contributed by atoms with E-state index < -0.39 is 5.97 Å². The van der Waals surface area contributed by atoms with Gasteiger partial charge in [0, 0.05) is 6.42 Å². The Morgan fingerprint density at radius 3 is 2.26 bits per heavy atom. The second kappa shape index (κ2) is 19.4. The maximum atomic E-state index is 12.1. The molecule has 0 amide bonds. The SMILES string of the molecule is CCCCCC/C=C\C[C@H](CCCCC)CC[C@H](CCN)[C@H](CC(=O)O)CC1(c2ccccc2)CCCC1. The van der Waals surface area contributed by atoms with Crippen LogP contribution in [0.4, 0.5) is 0 Å². The highest BCUT2D eigenvalue weighted by molar-refractivity contribution is 5.67. The Balaban J connectivity index is 2.09. The van der Waals surface area contributed by atoms with Crippen molar-refractivity contribution in [2.45, 2.75) is 141 Å². The van der Waals surface area contributed by atoms with E-state index in [1.54, 1.807) is 0 Å². The Morgan fingerprint density at radius 1 is 0.895 bits per heavy atom.